The highest BCUT2D eigenvalue weighted by atomic mass is 35.5. The first-order chi connectivity index (χ1) is 15.8. The average molecular weight is 523 g/mol. The molecule has 1 unspecified atom stereocenters. The van der Waals surface area contributed by atoms with Gasteiger partial charge in [-0.25, -0.2) is 13.4 Å². The Bertz CT molecular complexity index is 1200. The van der Waals surface area contributed by atoms with Crippen LogP contribution >= 0.6 is 23.7 Å². The summed E-state index contributed by atoms with van der Waals surface area (Å²) in [7, 11) is 0.364. The molecular weight excluding hydrogens is 492 g/mol. The summed E-state index contributed by atoms with van der Waals surface area (Å²) in [5.74, 6) is 0.167. The van der Waals surface area contributed by atoms with Gasteiger partial charge < -0.3 is 4.90 Å². The molecule has 1 fully saturated rings. The summed E-state index contributed by atoms with van der Waals surface area (Å²) in [5, 5.41) is 0.641. The van der Waals surface area contributed by atoms with E-state index in [9.17, 15) is 13.2 Å². The molecule has 34 heavy (non-hydrogen) atoms. The maximum atomic E-state index is 13.5. The Labute approximate surface area is 211 Å². The molecule has 2 heterocycles. The molecule has 1 aliphatic rings. The molecule has 1 aliphatic heterocycles. The van der Waals surface area contributed by atoms with Crippen LogP contribution in [0.5, 0.6) is 0 Å². The third kappa shape index (κ3) is 5.78. The maximum absolute atomic E-state index is 13.5. The van der Waals surface area contributed by atoms with Gasteiger partial charge in [0.1, 0.15) is 0 Å². The Morgan fingerprint density at radius 2 is 1.82 bits per heavy atom. The summed E-state index contributed by atoms with van der Waals surface area (Å²) < 4.78 is 28.7. The molecule has 0 aliphatic carbocycles. The highest BCUT2D eigenvalue weighted by Gasteiger charge is 2.29. The molecular formula is C24H31ClN4O3S2. The Balaban J connectivity index is 0.00000324. The summed E-state index contributed by atoms with van der Waals surface area (Å²) in [5.41, 5.74) is 1.30. The first kappa shape index (κ1) is 26.6. The molecule has 1 aromatic heterocycles. The second kappa shape index (κ2) is 11.1. The fraction of sp³-hybridized carbons (Fsp3) is 0.417. The van der Waals surface area contributed by atoms with Gasteiger partial charge in [0.25, 0.3) is 5.91 Å². The topological polar surface area (TPSA) is 73.8 Å². The predicted octanol–water partition coefficient (Wildman–Crippen LogP) is 4.35. The molecule has 3 aromatic rings. The monoisotopic (exact) mass is 522 g/mol. The van der Waals surface area contributed by atoms with Gasteiger partial charge in [0.2, 0.25) is 10.0 Å². The lowest BCUT2D eigenvalue weighted by molar-refractivity contribution is 0.0985. The highest BCUT2D eigenvalue weighted by Crippen LogP contribution is 2.30. The van der Waals surface area contributed by atoms with Crippen molar-refractivity contribution in [3.8, 4) is 0 Å². The standard InChI is InChI=1S/C24H30N4O3S2.ClH/c1-18-7-6-14-27(17-18)33(30,31)20-12-10-19(11-13-20)23(29)28(16-15-26(2)3)24-25-21-8-4-5-9-22(21)32-24;/h4-5,8-13,18H,6-7,14-17H2,1-3H3;1H. The number of nitrogens with zero attached hydrogens (tertiary/aromatic N) is 4. The first-order valence-corrected chi connectivity index (χ1v) is 13.4. The molecule has 0 N–H and O–H groups in total. The van der Waals surface area contributed by atoms with E-state index in [0.29, 0.717) is 42.8 Å². The van der Waals surface area contributed by atoms with Crippen molar-refractivity contribution in [3.05, 3.63) is 54.1 Å². The second-order valence-electron chi connectivity index (χ2n) is 8.86. The van der Waals surface area contributed by atoms with Gasteiger partial charge in [0.15, 0.2) is 5.13 Å². The van der Waals surface area contributed by atoms with Crippen LogP contribution < -0.4 is 4.90 Å². The summed E-state index contributed by atoms with van der Waals surface area (Å²) >= 11 is 1.48. The number of hydrogen-bond donors (Lipinski definition) is 0. The van der Waals surface area contributed by atoms with Crippen molar-refractivity contribution in [1.29, 1.82) is 0 Å². The minimum absolute atomic E-state index is 0. The van der Waals surface area contributed by atoms with Crippen LogP contribution in [0.2, 0.25) is 0 Å². The molecule has 1 amide bonds. The number of carbonyl (C=O) groups excluding carboxylic acids is 1. The van der Waals surface area contributed by atoms with E-state index in [1.165, 1.54) is 11.3 Å². The van der Waals surface area contributed by atoms with Crippen molar-refractivity contribution in [2.24, 2.45) is 5.92 Å². The number of piperidine rings is 1. The number of carbonyl (C=O) groups is 1. The van der Waals surface area contributed by atoms with E-state index in [1.807, 2.05) is 43.3 Å². The fourth-order valence-corrected chi connectivity index (χ4v) is 6.59. The molecule has 184 valence electrons. The van der Waals surface area contributed by atoms with Crippen molar-refractivity contribution >= 4 is 55.0 Å². The smallest absolute Gasteiger partial charge is 0.260 e. The Morgan fingerprint density at radius 1 is 1.12 bits per heavy atom. The molecule has 1 atom stereocenters. The number of halogens is 1. The number of para-hydroxylation sites is 1. The molecule has 0 radical (unpaired) electrons. The molecule has 7 nitrogen and oxygen atoms in total. The summed E-state index contributed by atoms with van der Waals surface area (Å²) in [6.45, 7) is 4.33. The lowest BCUT2D eigenvalue weighted by Gasteiger charge is -2.30. The third-order valence-electron chi connectivity index (χ3n) is 5.89. The van der Waals surface area contributed by atoms with Gasteiger partial charge in [-0.3, -0.25) is 9.69 Å². The predicted molar refractivity (Wildman–Crippen MR) is 141 cm³/mol. The normalized spacial score (nSPS) is 17.0. The van der Waals surface area contributed by atoms with Crippen LogP contribution in [-0.4, -0.2) is 68.8 Å². The van der Waals surface area contributed by atoms with Crippen LogP contribution in [0.1, 0.15) is 30.1 Å². The van der Waals surface area contributed by atoms with E-state index in [2.05, 4.69) is 11.9 Å². The van der Waals surface area contributed by atoms with Gasteiger partial charge in [0, 0.05) is 31.7 Å². The minimum atomic E-state index is -3.56. The zero-order valence-corrected chi connectivity index (χ0v) is 22.1. The van der Waals surface area contributed by atoms with Gasteiger partial charge in [0.05, 0.1) is 15.1 Å². The van der Waals surface area contributed by atoms with Crippen LogP contribution in [0.25, 0.3) is 10.2 Å². The summed E-state index contributed by atoms with van der Waals surface area (Å²) in [6, 6.07) is 14.1. The molecule has 1 saturated heterocycles. The Morgan fingerprint density at radius 3 is 2.47 bits per heavy atom. The number of aromatic nitrogens is 1. The molecule has 2 aromatic carbocycles. The fourth-order valence-electron chi connectivity index (χ4n) is 4.00. The van der Waals surface area contributed by atoms with E-state index >= 15 is 0 Å². The van der Waals surface area contributed by atoms with Crippen LogP contribution in [0.3, 0.4) is 0 Å². The zero-order valence-electron chi connectivity index (χ0n) is 19.7. The van der Waals surface area contributed by atoms with Crippen molar-refractivity contribution < 1.29 is 13.2 Å². The lowest BCUT2D eigenvalue weighted by atomic mass is 10.0. The number of rotatable bonds is 7. The minimum Gasteiger partial charge on any atom is -0.308 e. The number of amides is 1. The third-order valence-corrected chi connectivity index (χ3v) is 8.83. The van der Waals surface area contributed by atoms with Gasteiger partial charge in [-0.15, -0.1) is 12.4 Å². The molecule has 4 rings (SSSR count). The Hall–Kier alpha value is -2.04. The van der Waals surface area contributed by atoms with Crippen molar-refractivity contribution in [2.45, 2.75) is 24.7 Å². The summed E-state index contributed by atoms with van der Waals surface area (Å²) in [4.78, 5) is 22.0. The average Bonchev–Trinajstić information content (AvgIpc) is 3.23. The van der Waals surface area contributed by atoms with E-state index in [-0.39, 0.29) is 23.2 Å². The SMILES string of the molecule is CC1CCCN(S(=O)(=O)c2ccc(C(=O)N(CCN(C)C)c3nc4ccccc4s3)cc2)C1.Cl. The van der Waals surface area contributed by atoms with E-state index in [1.54, 1.807) is 33.5 Å². The number of fused-ring (bicyclic) bond motifs is 1. The van der Waals surface area contributed by atoms with E-state index in [0.717, 1.165) is 23.1 Å². The molecule has 0 saturated carbocycles. The van der Waals surface area contributed by atoms with Gasteiger partial charge in [-0.1, -0.05) is 30.4 Å². The molecule has 10 heteroatoms. The number of hydrogen-bond acceptors (Lipinski definition) is 6. The van der Waals surface area contributed by atoms with E-state index in [4.69, 9.17) is 0 Å². The number of thiazole rings is 1. The highest BCUT2D eigenvalue weighted by molar-refractivity contribution is 7.89. The maximum Gasteiger partial charge on any atom is 0.260 e. The number of sulfonamides is 1. The van der Waals surface area contributed by atoms with Gasteiger partial charge in [-0.2, -0.15) is 4.31 Å². The van der Waals surface area contributed by atoms with Crippen LogP contribution in [0.4, 0.5) is 5.13 Å². The number of benzene rings is 2. The largest absolute Gasteiger partial charge is 0.308 e. The molecule has 0 bridgehead atoms. The van der Waals surface area contributed by atoms with E-state index < -0.39 is 10.0 Å². The second-order valence-corrected chi connectivity index (χ2v) is 11.8. The Kier molecular flexibility index (Phi) is 8.70. The van der Waals surface area contributed by atoms with Crippen molar-refractivity contribution in [3.63, 3.8) is 0 Å². The van der Waals surface area contributed by atoms with Crippen LogP contribution in [0.15, 0.2) is 53.4 Å². The summed E-state index contributed by atoms with van der Waals surface area (Å²) in [6.07, 6.45) is 1.92. The number of likely N-dealkylation sites (N-methyl/N-ethyl adjacent to an activating group) is 1. The molecule has 0 spiro atoms. The van der Waals surface area contributed by atoms with Gasteiger partial charge in [-0.05, 0) is 69.3 Å². The van der Waals surface area contributed by atoms with Crippen LogP contribution in [0, 0.1) is 5.92 Å². The zero-order chi connectivity index (χ0) is 23.6. The number of anilines is 1. The van der Waals surface area contributed by atoms with Crippen molar-refractivity contribution in [2.75, 3.05) is 45.2 Å². The first-order valence-electron chi connectivity index (χ1n) is 11.2. The van der Waals surface area contributed by atoms with Crippen molar-refractivity contribution in [1.82, 2.24) is 14.2 Å². The lowest BCUT2D eigenvalue weighted by Crippen LogP contribution is -2.39. The van der Waals surface area contributed by atoms with Crippen LogP contribution in [-0.2, 0) is 10.0 Å². The van der Waals surface area contributed by atoms with Gasteiger partial charge >= 0.3 is 0 Å². The quantitative estimate of drug-likeness (QED) is 0.461.